The molecule has 23 heavy (non-hydrogen) atoms. The van der Waals surface area contributed by atoms with Crippen molar-refractivity contribution in [3.05, 3.63) is 57.6 Å². The zero-order valence-corrected chi connectivity index (χ0v) is 13.8. The lowest BCUT2D eigenvalue weighted by Crippen LogP contribution is -2.01. The maximum atomic E-state index is 10.8. The molecular weight excluding hydrogens is 366 g/mol. The number of hydrogen-bond acceptors (Lipinski definition) is 5. The van der Waals surface area contributed by atoms with Gasteiger partial charge < -0.3 is 19.8 Å². The van der Waals surface area contributed by atoms with Gasteiger partial charge >= 0.3 is 5.97 Å². The minimum atomic E-state index is -0.969. The van der Waals surface area contributed by atoms with Crippen LogP contribution in [0.5, 0.6) is 11.5 Å². The Labute approximate surface area is 141 Å². The summed E-state index contributed by atoms with van der Waals surface area (Å²) in [6.45, 7) is 0.252. The lowest BCUT2D eigenvalue weighted by molar-refractivity contribution is 0.0697. The predicted octanol–water partition coefficient (Wildman–Crippen LogP) is 3.54. The molecule has 2 aromatic rings. The van der Waals surface area contributed by atoms with E-state index >= 15 is 0 Å². The van der Waals surface area contributed by atoms with E-state index in [1.807, 2.05) is 0 Å². The Balaban J connectivity index is 2.18. The van der Waals surface area contributed by atoms with Gasteiger partial charge in [-0.05, 0) is 45.8 Å². The van der Waals surface area contributed by atoms with E-state index in [-0.39, 0.29) is 12.2 Å². The molecule has 0 saturated carbocycles. The van der Waals surface area contributed by atoms with Crippen molar-refractivity contribution in [3.63, 3.8) is 0 Å². The number of rotatable bonds is 6. The summed E-state index contributed by atoms with van der Waals surface area (Å²) in [5.74, 6) is 0.0179. The van der Waals surface area contributed by atoms with Gasteiger partial charge in [-0.15, -0.1) is 0 Å². The van der Waals surface area contributed by atoms with Crippen LogP contribution in [0.15, 0.2) is 46.0 Å². The molecule has 7 heteroatoms. The van der Waals surface area contributed by atoms with E-state index in [4.69, 9.17) is 19.8 Å². The SMILES string of the molecule is COc1cc(C=NO)cc(Br)c1OCc1ccc(C(=O)O)cc1. The number of aromatic carboxylic acids is 1. The molecule has 2 aromatic carbocycles. The Kier molecular flexibility index (Phi) is 5.59. The quantitative estimate of drug-likeness (QED) is 0.455. The molecule has 6 nitrogen and oxygen atoms in total. The number of benzene rings is 2. The first-order valence-corrected chi connectivity index (χ1v) is 7.34. The van der Waals surface area contributed by atoms with Gasteiger partial charge in [-0.2, -0.15) is 0 Å². The summed E-state index contributed by atoms with van der Waals surface area (Å²) in [4.78, 5) is 10.8. The molecule has 2 N–H and O–H groups in total. The summed E-state index contributed by atoms with van der Waals surface area (Å²) in [6, 6.07) is 9.83. The van der Waals surface area contributed by atoms with Crippen molar-refractivity contribution in [3.8, 4) is 11.5 Å². The van der Waals surface area contributed by atoms with E-state index in [1.165, 1.54) is 25.5 Å². The van der Waals surface area contributed by atoms with Crippen molar-refractivity contribution < 1.29 is 24.6 Å². The Morgan fingerprint density at radius 2 is 2.00 bits per heavy atom. The molecular formula is C16H14BrNO5. The van der Waals surface area contributed by atoms with Gasteiger partial charge in [-0.25, -0.2) is 4.79 Å². The fraction of sp³-hybridized carbons (Fsp3) is 0.125. The van der Waals surface area contributed by atoms with Gasteiger partial charge in [0.05, 0.1) is 23.4 Å². The lowest BCUT2D eigenvalue weighted by Gasteiger charge is -2.13. The number of nitrogens with zero attached hydrogens (tertiary/aromatic N) is 1. The number of carboxylic acids is 1. The molecule has 0 spiro atoms. The molecule has 120 valence electrons. The summed E-state index contributed by atoms with van der Waals surface area (Å²) in [7, 11) is 1.51. The fourth-order valence-electron chi connectivity index (χ4n) is 1.92. The zero-order chi connectivity index (χ0) is 16.8. The molecule has 0 bridgehead atoms. The standard InChI is InChI=1S/C16H14BrNO5/c1-22-14-7-11(8-18-21)6-13(17)15(14)23-9-10-2-4-12(5-3-10)16(19)20/h2-8,21H,9H2,1H3,(H,19,20). The van der Waals surface area contributed by atoms with Crippen LogP contribution in [-0.2, 0) is 6.61 Å². The molecule has 2 rings (SSSR count). The van der Waals surface area contributed by atoms with Crippen molar-refractivity contribution >= 4 is 28.1 Å². The molecule has 0 atom stereocenters. The van der Waals surface area contributed by atoms with E-state index in [0.29, 0.717) is 21.5 Å². The summed E-state index contributed by atoms with van der Waals surface area (Å²) in [6.07, 6.45) is 1.28. The highest BCUT2D eigenvalue weighted by atomic mass is 79.9. The summed E-state index contributed by atoms with van der Waals surface area (Å²) in [5, 5.41) is 20.5. The third kappa shape index (κ3) is 4.23. The van der Waals surface area contributed by atoms with Crippen molar-refractivity contribution in [1.29, 1.82) is 0 Å². The highest BCUT2D eigenvalue weighted by molar-refractivity contribution is 9.10. The normalized spacial score (nSPS) is 10.7. The van der Waals surface area contributed by atoms with Gasteiger partial charge in [0.2, 0.25) is 0 Å². The van der Waals surface area contributed by atoms with Crippen LogP contribution < -0.4 is 9.47 Å². The van der Waals surface area contributed by atoms with E-state index in [1.54, 1.807) is 24.3 Å². The number of carboxylic acid groups (broad SMARTS) is 1. The summed E-state index contributed by atoms with van der Waals surface area (Å²) < 4.78 is 11.7. The number of hydrogen-bond donors (Lipinski definition) is 2. The monoisotopic (exact) mass is 379 g/mol. The van der Waals surface area contributed by atoms with E-state index in [2.05, 4.69) is 21.1 Å². The minimum absolute atomic E-state index is 0.222. The Hall–Kier alpha value is -2.54. The van der Waals surface area contributed by atoms with Gasteiger partial charge in [0.25, 0.3) is 0 Å². The minimum Gasteiger partial charge on any atom is -0.493 e. The predicted molar refractivity (Wildman–Crippen MR) is 87.8 cm³/mol. The molecule has 0 heterocycles. The highest BCUT2D eigenvalue weighted by Crippen LogP contribution is 2.36. The topological polar surface area (TPSA) is 88.4 Å². The molecule has 0 fully saturated rings. The smallest absolute Gasteiger partial charge is 0.335 e. The first-order chi connectivity index (χ1) is 11.0. The van der Waals surface area contributed by atoms with E-state index in [0.717, 1.165) is 5.56 Å². The average molecular weight is 380 g/mol. The maximum absolute atomic E-state index is 10.8. The van der Waals surface area contributed by atoms with Crippen LogP contribution in [0.3, 0.4) is 0 Å². The molecule has 0 radical (unpaired) electrons. The van der Waals surface area contributed by atoms with E-state index in [9.17, 15) is 4.79 Å². The van der Waals surface area contributed by atoms with Crippen LogP contribution in [0, 0.1) is 0 Å². The third-order valence-electron chi connectivity index (χ3n) is 3.04. The van der Waals surface area contributed by atoms with Crippen LogP contribution in [-0.4, -0.2) is 29.6 Å². The third-order valence-corrected chi connectivity index (χ3v) is 3.63. The molecule has 0 unspecified atom stereocenters. The van der Waals surface area contributed by atoms with E-state index < -0.39 is 5.97 Å². The highest BCUT2D eigenvalue weighted by Gasteiger charge is 2.12. The van der Waals surface area contributed by atoms with Crippen molar-refractivity contribution in [2.24, 2.45) is 5.16 Å². The van der Waals surface area contributed by atoms with Gasteiger partial charge in [-0.3, -0.25) is 0 Å². The number of carbonyl (C=O) groups is 1. The van der Waals surface area contributed by atoms with Crippen LogP contribution in [0.2, 0.25) is 0 Å². The van der Waals surface area contributed by atoms with Gasteiger partial charge in [0.15, 0.2) is 11.5 Å². The van der Waals surface area contributed by atoms with Crippen LogP contribution >= 0.6 is 15.9 Å². The van der Waals surface area contributed by atoms with Crippen molar-refractivity contribution in [2.45, 2.75) is 6.61 Å². The lowest BCUT2D eigenvalue weighted by atomic mass is 10.1. The first-order valence-electron chi connectivity index (χ1n) is 6.55. The van der Waals surface area contributed by atoms with Crippen molar-refractivity contribution in [1.82, 2.24) is 0 Å². The molecule has 0 aromatic heterocycles. The second kappa shape index (κ2) is 7.64. The molecule has 0 aliphatic heterocycles. The molecule has 0 aliphatic rings. The molecule has 0 saturated heterocycles. The fourth-order valence-corrected chi connectivity index (χ4v) is 2.49. The first kappa shape index (κ1) is 16.8. The summed E-state index contributed by atoms with van der Waals surface area (Å²) in [5.41, 5.74) is 1.69. The number of ether oxygens (including phenoxy) is 2. The number of halogens is 1. The van der Waals surface area contributed by atoms with Crippen LogP contribution in [0.4, 0.5) is 0 Å². The van der Waals surface area contributed by atoms with Crippen LogP contribution in [0.25, 0.3) is 0 Å². The maximum Gasteiger partial charge on any atom is 0.335 e. The Morgan fingerprint density at radius 3 is 2.57 bits per heavy atom. The second-order valence-corrected chi connectivity index (χ2v) is 5.42. The van der Waals surface area contributed by atoms with Gasteiger partial charge in [0.1, 0.15) is 6.61 Å². The van der Waals surface area contributed by atoms with Gasteiger partial charge in [0, 0.05) is 5.56 Å². The Morgan fingerprint density at radius 1 is 1.30 bits per heavy atom. The molecule has 0 amide bonds. The van der Waals surface area contributed by atoms with Gasteiger partial charge in [-0.1, -0.05) is 17.3 Å². The summed E-state index contributed by atoms with van der Waals surface area (Å²) >= 11 is 3.39. The Bertz CT molecular complexity index is 728. The van der Waals surface area contributed by atoms with Crippen LogP contribution in [0.1, 0.15) is 21.5 Å². The average Bonchev–Trinajstić information content (AvgIpc) is 2.54. The number of methoxy groups -OCH3 is 1. The zero-order valence-electron chi connectivity index (χ0n) is 12.2. The van der Waals surface area contributed by atoms with Crippen molar-refractivity contribution in [2.75, 3.05) is 7.11 Å². The largest absolute Gasteiger partial charge is 0.493 e. The number of oxime groups is 1. The second-order valence-electron chi connectivity index (χ2n) is 4.57. The molecule has 0 aliphatic carbocycles.